The molecule has 0 radical (unpaired) electrons. The Labute approximate surface area is 132 Å². The van der Waals surface area contributed by atoms with Gasteiger partial charge in [0, 0.05) is 6.42 Å². The minimum atomic E-state index is -0.0716. The van der Waals surface area contributed by atoms with Gasteiger partial charge in [0.05, 0.1) is 13.2 Å². The van der Waals surface area contributed by atoms with Gasteiger partial charge in [0.25, 0.3) is 0 Å². The molecule has 116 valence electrons. The van der Waals surface area contributed by atoms with Crippen molar-refractivity contribution in [3.8, 4) is 0 Å². The molecule has 0 aliphatic carbocycles. The van der Waals surface area contributed by atoms with E-state index in [9.17, 15) is 0 Å². The molecule has 0 fully saturated rings. The lowest BCUT2D eigenvalue weighted by Crippen LogP contribution is -2.31. The lowest BCUT2D eigenvalue weighted by molar-refractivity contribution is 0.293. The predicted octanol–water partition coefficient (Wildman–Crippen LogP) is 3.03. The van der Waals surface area contributed by atoms with Gasteiger partial charge in [0.15, 0.2) is 0 Å². The number of nitrogens with zero attached hydrogens (tertiary/aromatic N) is 2. The number of thiol groups is 1. The molecule has 0 saturated carbocycles. The second kappa shape index (κ2) is 10.3. The molecule has 0 unspecified atom stereocenters. The lowest BCUT2D eigenvalue weighted by atomic mass is 10.1. The monoisotopic (exact) mass is 308 g/mol. The van der Waals surface area contributed by atoms with Crippen LogP contribution in [0.25, 0.3) is 0 Å². The SMILES string of the molecule is CCOC1=N[C@H](Cc2ccccc2)C(OCC)=NC1.CS. The number of rotatable bonds is 4. The molecule has 1 atom stereocenters. The molecule has 1 aliphatic heterocycles. The Kier molecular flexibility index (Phi) is 8.59. The molecular weight excluding hydrogens is 284 g/mol. The number of benzene rings is 1. The van der Waals surface area contributed by atoms with E-state index in [0.29, 0.717) is 25.7 Å². The Morgan fingerprint density at radius 2 is 1.76 bits per heavy atom. The molecule has 21 heavy (non-hydrogen) atoms. The van der Waals surface area contributed by atoms with Crippen molar-refractivity contribution in [2.75, 3.05) is 26.0 Å². The summed E-state index contributed by atoms with van der Waals surface area (Å²) in [6, 6.07) is 10.2. The molecule has 0 saturated heterocycles. The molecule has 0 bridgehead atoms. The van der Waals surface area contributed by atoms with Crippen molar-refractivity contribution in [2.24, 2.45) is 9.98 Å². The van der Waals surface area contributed by atoms with Gasteiger partial charge in [0.2, 0.25) is 11.8 Å². The Morgan fingerprint density at radius 1 is 1.10 bits per heavy atom. The van der Waals surface area contributed by atoms with Crippen LogP contribution in [0.15, 0.2) is 40.3 Å². The molecular formula is C16H24N2O2S. The van der Waals surface area contributed by atoms with E-state index in [1.165, 1.54) is 5.56 Å². The first kappa shape index (κ1) is 17.6. The van der Waals surface area contributed by atoms with Crippen LogP contribution in [0.1, 0.15) is 19.4 Å². The highest BCUT2D eigenvalue weighted by atomic mass is 32.1. The Balaban J connectivity index is 0.00000106. The molecule has 1 heterocycles. The van der Waals surface area contributed by atoms with Crippen molar-refractivity contribution in [3.63, 3.8) is 0 Å². The molecule has 1 aliphatic rings. The zero-order valence-electron chi connectivity index (χ0n) is 13.0. The molecule has 1 aromatic rings. The normalized spacial score (nSPS) is 17.0. The topological polar surface area (TPSA) is 43.2 Å². The zero-order chi connectivity index (χ0) is 15.5. The molecule has 0 amide bonds. The van der Waals surface area contributed by atoms with Crippen LogP contribution < -0.4 is 0 Å². The highest BCUT2D eigenvalue weighted by molar-refractivity contribution is 7.79. The number of aliphatic imine (C=N–C) groups is 2. The maximum atomic E-state index is 5.58. The quantitative estimate of drug-likeness (QED) is 0.869. The molecule has 5 heteroatoms. The first-order chi connectivity index (χ1) is 10.3. The molecule has 0 spiro atoms. The summed E-state index contributed by atoms with van der Waals surface area (Å²) in [6.45, 7) is 5.63. The Bertz CT molecular complexity index is 461. The third-order valence-corrected chi connectivity index (χ3v) is 2.83. The summed E-state index contributed by atoms with van der Waals surface area (Å²) in [5, 5.41) is 0. The van der Waals surface area contributed by atoms with Crippen LogP contribution in [0.4, 0.5) is 0 Å². The fourth-order valence-corrected chi connectivity index (χ4v) is 2.03. The first-order valence-electron chi connectivity index (χ1n) is 7.18. The van der Waals surface area contributed by atoms with Crippen molar-refractivity contribution in [3.05, 3.63) is 35.9 Å². The van der Waals surface area contributed by atoms with Gasteiger partial charge in [-0.25, -0.2) is 9.98 Å². The lowest BCUT2D eigenvalue weighted by Gasteiger charge is -2.21. The van der Waals surface area contributed by atoms with E-state index < -0.39 is 0 Å². The van der Waals surface area contributed by atoms with Gasteiger partial charge in [-0.1, -0.05) is 30.3 Å². The summed E-state index contributed by atoms with van der Waals surface area (Å²) >= 11 is 3.53. The van der Waals surface area contributed by atoms with Gasteiger partial charge in [-0.2, -0.15) is 12.6 Å². The van der Waals surface area contributed by atoms with Crippen LogP contribution in [-0.4, -0.2) is 43.9 Å². The van der Waals surface area contributed by atoms with Gasteiger partial charge in [-0.05, 0) is 25.7 Å². The second-order valence-corrected chi connectivity index (χ2v) is 4.25. The summed E-state index contributed by atoms with van der Waals surface area (Å²) in [5.41, 5.74) is 1.22. The summed E-state index contributed by atoms with van der Waals surface area (Å²) in [7, 11) is 0. The van der Waals surface area contributed by atoms with E-state index in [2.05, 4.69) is 34.7 Å². The van der Waals surface area contributed by atoms with Crippen molar-refractivity contribution in [1.29, 1.82) is 0 Å². The maximum Gasteiger partial charge on any atom is 0.209 e. The molecule has 4 nitrogen and oxygen atoms in total. The van der Waals surface area contributed by atoms with E-state index in [0.717, 1.165) is 12.3 Å². The Morgan fingerprint density at radius 3 is 2.38 bits per heavy atom. The van der Waals surface area contributed by atoms with Gasteiger partial charge in [-0.3, -0.25) is 0 Å². The van der Waals surface area contributed by atoms with Gasteiger partial charge in [0.1, 0.15) is 12.6 Å². The molecule has 0 N–H and O–H groups in total. The van der Waals surface area contributed by atoms with Crippen molar-refractivity contribution < 1.29 is 9.47 Å². The molecule has 1 aromatic carbocycles. The number of hydrogen-bond acceptors (Lipinski definition) is 5. The van der Waals surface area contributed by atoms with Gasteiger partial charge < -0.3 is 9.47 Å². The minimum absolute atomic E-state index is 0.0716. The van der Waals surface area contributed by atoms with E-state index in [1.807, 2.05) is 32.0 Å². The minimum Gasteiger partial charge on any atom is -0.480 e. The summed E-state index contributed by atoms with van der Waals surface area (Å²) in [5.74, 6) is 1.42. The second-order valence-electron chi connectivity index (χ2n) is 4.25. The average molecular weight is 308 g/mol. The highest BCUT2D eigenvalue weighted by Gasteiger charge is 2.22. The van der Waals surface area contributed by atoms with E-state index >= 15 is 0 Å². The van der Waals surface area contributed by atoms with Crippen LogP contribution in [0.5, 0.6) is 0 Å². The zero-order valence-corrected chi connectivity index (χ0v) is 13.8. The summed E-state index contributed by atoms with van der Waals surface area (Å²) < 4.78 is 11.0. The van der Waals surface area contributed by atoms with Crippen molar-refractivity contribution in [2.45, 2.75) is 26.3 Å². The Hall–Kier alpha value is -1.49. The fraction of sp³-hybridized carbons (Fsp3) is 0.500. The van der Waals surface area contributed by atoms with Crippen molar-refractivity contribution >= 4 is 24.4 Å². The first-order valence-corrected chi connectivity index (χ1v) is 8.08. The largest absolute Gasteiger partial charge is 0.480 e. The van der Waals surface area contributed by atoms with E-state index in [-0.39, 0.29) is 6.04 Å². The van der Waals surface area contributed by atoms with Crippen LogP contribution in [-0.2, 0) is 15.9 Å². The predicted molar refractivity (Wildman–Crippen MR) is 91.8 cm³/mol. The molecule has 2 rings (SSSR count). The van der Waals surface area contributed by atoms with Crippen LogP contribution in [0, 0.1) is 0 Å². The van der Waals surface area contributed by atoms with Crippen molar-refractivity contribution in [1.82, 2.24) is 0 Å². The van der Waals surface area contributed by atoms with E-state index in [4.69, 9.17) is 9.47 Å². The number of ether oxygens (including phenoxy) is 2. The highest BCUT2D eigenvalue weighted by Crippen LogP contribution is 2.12. The number of hydrogen-bond donors (Lipinski definition) is 1. The van der Waals surface area contributed by atoms with Crippen LogP contribution >= 0.6 is 12.6 Å². The fourth-order valence-electron chi connectivity index (χ4n) is 2.03. The molecule has 0 aromatic heterocycles. The average Bonchev–Trinajstić information content (AvgIpc) is 2.53. The summed E-state index contributed by atoms with van der Waals surface area (Å²) in [6.07, 6.45) is 2.48. The summed E-state index contributed by atoms with van der Waals surface area (Å²) in [4.78, 5) is 9.04. The standard InChI is InChI=1S/C15H20N2O2.CH4S/c1-3-18-14-11-16-15(19-4-2)13(17-14)10-12-8-6-5-7-9-12;1-2/h5-9,13H,3-4,10-11H2,1-2H3;2H,1H3/t13-;/m1./s1. The third-order valence-electron chi connectivity index (χ3n) is 2.83. The third kappa shape index (κ3) is 5.79. The van der Waals surface area contributed by atoms with E-state index in [1.54, 1.807) is 6.26 Å². The van der Waals surface area contributed by atoms with Crippen LogP contribution in [0.3, 0.4) is 0 Å². The maximum absolute atomic E-state index is 5.58. The van der Waals surface area contributed by atoms with Crippen LogP contribution in [0.2, 0.25) is 0 Å². The van der Waals surface area contributed by atoms with Gasteiger partial charge >= 0.3 is 0 Å². The van der Waals surface area contributed by atoms with Gasteiger partial charge in [-0.15, -0.1) is 0 Å². The smallest absolute Gasteiger partial charge is 0.209 e.